The Balaban J connectivity index is 1.66. The van der Waals surface area contributed by atoms with Crippen LogP contribution in [0.25, 0.3) is 0 Å². The summed E-state index contributed by atoms with van der Waals surface area (Å²) in [6.07, 6.45) is 4.06. The maximum absolute atomic E-state index is 11.9. The number of sulfonamides is 1. The SMILES string of the molecule is O=S(=O)(CC1CCCNC1)NCCC1CCOC1. The van der Waals surface area contributed by atoms with Crippen molar-refractivity contribution in [2.75, 3.05) is 38.6 Å². The molecule has 2 aliphatic rings. The van der Waals surface area contributed by atoms with Gasteiger partial charge in [0.05, 0.1) is 5.75 Å². The molecule has 2 heterocycles. The second kappa shape index (κ2) is 6.84. The molecule has 0 bridgehead atoms. The highest BCUT2D eigenvalue weighted by Crippen LogP contribution is 2.16. The third-order valence-electron chi connectivity index (χ3n) is 3.75. The Morgan fingerprint density at radius 3 is 2.83 bits per heavy atom. The molecule has 0 aromatic carbocycles. The van der Waals surface area contributed by atoms with Crippen LogP contribution in [0.4, 0.5) is 0 Å². The van der Waals surface area contributed by atoms with E-state index in [1.165, 1.54) is 0 Å². The summed E-state index contributed by atoms with van der Waals surface area (Å²) in [4.78, 5) is 0. The van der Waals surface area contributed by atoms with E-state index in [1.807, 2.05) is 0 Å². The van der Waals surface area contributed by atoms with Crippen molar-refractivity contribution in [2.45, 2.75) is 25.7 Å². The van der Waals surface area contributed by atoms with Gasteiger partial charge in [-0.1, -0.05) is 0 Å². The van der Waals surface area contributed by atoms with Crippen LogP contribution in [-0.4, -0.2) is 47.0 Å². The van der Waals surface area contributed by atoms with E-state index in [1.54, 1.807) is 0 Å². The van der Waals surface area contributed by atoms with Gasteiger partial charge in [0, 0.05) is 19.8 Å². The van der Waals surface area contributed by atoms with Crippen LogP contribution >= 0.6 is 0 Å². The minimum atomic E-state index is -3.10. The van der Waals surface area contributed by atoms with Crippen molar-refractivity contribution in [3.05, 3.63) is 0 Å². The van der Waals surface area contributed by atoms with E-state index in [-0.39, 0.29) is 11.7 Å². The third-order valence-corrected chi connectivity index (χ3v) is 5.31. The summed E-state index contributed by atoms with van der Waals surface area (Å²) < 4.78 is 31.8. The molecule has 18 heavy (non-hydrogen) atoms. The third kappa shape index (κ3) is 4.84. The Hall–Kier alpha value is -0.170. The molecule has 0 aliphatic carbocycles. The fraction of sp³-hybridized carbons (Fsp3) is 1.00. The molecule has 6 heteroatoms. The van der Waals surface area contributed by atoms with Crippen molar-refractivity contribution >= 4 is 10.0 Å². The minimum absolute atomic E-state index is 0.265. The molecule has 0 aromatic heterocycles. The zero-order valence-corrected chi connectivity index (χ0v) is 11.7. The van der Waals surface area contributed by atoms with Crippen LogP contribution in [-0.2, 0) is 14.8 Å². The first kappa shape index (κ1) is 14.2. The van der Waals surface area contributed by atoms with Gasteiger partial charge in [-0.2, -0.15) is 0 Å². The number of nitrogens with one attached hydrogen (secondary N) is 2. The Kier molecular flexibility index (Phi) is 5.41. The van der Waals surface area contributed by atoms with Gasteiger partial charge in [-0.3, -0.25) is 0 Å². The van der Waals surface area contributed by atoms with Crippen LogP contribution in [0, 0.1) is 11.8 Å². The zero-order chi connectivity index (χ0) is 12.8. The van der Waals surface area contributed by atoms with Crippen molar-refractivity contribution in [1.29, 1.82) is 0 Å². The van der Waals surface area contributed by atoms with Gasteiger partial charge in [-0.25, -0.2) is 13.1 Å². The number of ether oxygens (including phenoxy) is 1. The van der Waals surface area contributed by atoms with Crippen molar-refractivity contribution < 1.29 is 13.2 Å². The van der Waals surface area contributed by atoms with Gasteiger partial charge in [-0.15, -0.1) is 0 Å². The molecule has 2 unspecified atom stereocenters. The van der Waals surface area contributed by atoms with Gasteiger partial charge in [0.2, 0.25) is 10.0 Å². The first-order chi connectivity index (χ1) is 8.66. The topological polar surface area (TPSA) is 67.4 Å². The van der Waals surface area contributed by atoms with Gasteiger partial charge in [0.15, 0.2) is 0 Å². The summed E-state index contributed by atoms with van der Waals surface area (Å²) in [7, 11) is -3.10. The van der Waals surface area contributed by atoms with E-state index in [0.29, 0.717) is 12.5 Å². The molecule has 5 nitrogen and oxygen atoms in total. The molecule has 2 aliphatic heterocycles. The van der Waals surface area contributed by atoms with Gasteiger partial charge >= 0.3 is 0 Å². The van der Waals surface area contributed by atoms with Gasteiger partial charge in [0.25, 0.3) is 0 Å². The lowest BCUT2D eigenvalue weighted by molar-refractivity contribution is 0.184. The molecule has 2 rings (SSSR count). The zero-order valence-electron chi connectivity index (χ0n) is 10.9. The van der Waals surface area contributed by atoms with E-state index < -0.39 is 10.0 Å². The average Bonchev–Trinajstić information content (AvgIpc) is 2.82. The normalized spacial score (nSPS) is 29.6. The summed E-state index contributed by atoms with van der Waals surface area (Å²) in [6.45, 7) is 4.01. The molecule has 106 valence electrons. The molecule has 2 fully saturated rings. The summed E-state index contributed by atoms with van der Waals surface area (Å²) in [5.41, 5.74) is 0. The first-order valence-corrected chi connectivity index (χ1v) is 8.57. The van der Waals surface area contributed by atoms with E-state index in [4.69, 9.17) is 4.74 Å². The number of rotatable bonds is 6. The summed E-state index contributed by atoms with van der Waals surface area (Å²) in [5, 5.41) is 3.25. The Morgan fingerprint density at radius 1 is 1.28 bits per heavy atom. The van der Waals surface area contributed by atoms with E-state index in [2.05, 4.69) is 10.0 Å². The van der Waals surface area contributed by atoms with Crippen LogP contribution < -0.4 is 10.0 Å². The lowest BCUT2D eigenvalue weighted by Gasteiger charge is -2.22. The molecule has 0 spiro atoms. The van der Waals surface area contributed by atoms with Gasteiger partial charge < -0.3 is 10.1 Å². The van der Waals surface area contributed by atoms with Gasteiger partial charge in [-0.05, 0) is 50.6 Å². The van der Waals surface area contributed by atoms with Crippen molar-refractivity contribution in [2.24, 2.45) is 11.8 Å². The fourth-order valence-corrected chi connectivity index (χ4v) is 4.12. The van der Waals surface area contributed by atoms with Crippen molar-refractivity contribution in [1.82, 2.24) is 10.0 Å². The number of hydrogen-bond donors (Lipinski definition) is 2. The van der Waals surface area contributed by atoms with Crippen LogP contribution in [0.1, 0.15) is 25.7 Å². The lowest BCUT2D eigenvalue weighted by atomic mass is 10.0. The average molecular weight is 276 g/mol. The summed E-state index contributed by atoms with van der Waals surface area (Å²) in [5.74, 6) is 1.07. The fourth-order valence-electron chi connectivity index (χ4n) is 2.67. The molecule has 2 atom stereocenters. The standard InChI is InChI=1S/C12H24N2O3S/c15-18(16,10-12-2-1-5-13-8-12)14-6-3-11-4-7-17-9-11/h11-14H,1-10H2. The van der Waals surface area contributed by atoms with Crippen molar-refractivity contribution in [3.8, 4) is 0 Å². The maximum atomic E-state index is 11.9. The Morgan fingerprint density at radius 2 is 2.17 bits per heavy atom. The van der Waals surface area contributed by atoms with E-state index in [0.717, 1.165) is 52.0 Å². The molecule has 0 amide bonds. The second-order valence-corrected chi connectivity index (χ2v) is 7.26. The Labute approximate surface area is 110 Å². The van der Waals surface area contributed by atoms with E-state index in [9.17, 15) is 8.42 Å². The predicted molar refractivity (Wildman–Crippen MR) is 70.9 cm³/mol. The molecule has 2 saturated heterocycles. The second-order valence-electron chi connectivity index (χ2n) is 5.41. The summed E-state index contributed by atoms with van der Waals surface area (Å²) >= 11 is 0. The highest BCUT2D eigenvalue weighted by atomic mass is 32.2. The quantitative estimate of drug-likeness (QED) is 0.734. The minimum Gasteiger partial charge on any atom is -0.381 e. The molecule has 0 aromatic rings. The predicted octanol–water partition coefficient (Wildman–Crippen LogP) is 0.332. The molecule has 0 radical (unpaired) electrons. The smallest absolute Gasteiger partial charge is 0.211 e. The van der Waals surface area contributed by atoms with Crippen LogP contribution in [0.5, 0.6) is 0 Å². The maximum Gasteiger partial charge on any atom is 0.211 e. The van der Waals surface area contributed by atoms with Crippen LogP contribution in [0.15, 0.2) is 0 Å². The van der Waals surface area contributed by atoms with Crippen molar-refractivity contribution in [3.63, 3.8) is 0 Å². The van der Waals surface area contributed by atoms with Crippen LogP contribution in [0.3, 0.4) is 0 Å². The van der Waals surface area contributed by atoms with Crippen LogP contribution in [0.2, 0.25) is 0 Å². The summed E-state index contributed by atoms with van der Waals surface area (Å²) in [6, 6.07) is 0. The first-order valence-electron chi connectivity index (χ1n) is 6.91. The van der Waals surface area contributed by atoms with Gasteiger partial charge in [0.1, 0.15) is 0 Å². The highest BCUT2D eigenvalue weighted by molar-refractivity contribution is 7.89. The molecular formula is C12H24N2O3S. The Bertz CT molecular complexity index is 333. The van der Waals surface area contributed by atoms with E-state index >= 15 is 0 Å². The lowest BCUT2D eigenvalue weighted by Crippen LogP contribution is -2.38. The largest absolute Gasteiger partial charge is 0.381 e. The molecule has 0 saturated carbocycles. The number of piperidine rings is 1. The highest BCUT2D eigenvalue weighted by Gasteiger charge is 2.21. The number of hydrogen-bond acceptors (Lipinski definition) is 4. The molecular weight excluding hydrogens is 252 g/mol. The monoisotopic (exact) mass is 276 g/mol. The molecule has 2 N–H and O–H groups in total.